The van der Waals surface area contributed by atoms with Crippen molar-refractivity contribution in [1.82, 2.24) is 4.57 Å². The number of aryl methyl sites for hydroxylation is 1. The van der Waals surface area contributed by atoms with Crippen LogP contribution < -0.4 is 5.73 Å². The highest BCUT2D eigenvalue weighted by molar-refractivity contribution is 7.11. The Labute approximate surface area is 113 Å². The summed E-state index contributed by atoms with van der Waals surface area (Å²) in [6.45, 7) is 5.32. The Morgan fingerprint density at radius 3 is 2.67 bits per heavy atom. The summed E-state index contributed by atoms with van der Waals surface area (Å²) in [5.74, 6) is 0. The predicted octanol–water partition coefficient (Wildman–Crippen LogP) is 3.44. The highest BCUT2D eigenvalue weighted by Crippen LogP contribution is 2.18. The highest BCUT2D eigenvalue weighted by atomic mass is 32.1. The van der Waals surface area contributed by atoms with Crippen LogP contribution in [0, 0.1) is 0 Å². The molecule has 2 nitrogen and oxygen atoms in total. The average Bonchev–Trinajstić information content (AvgIpc) is 2.99. The molecule has 0 saturated heterocycles. The van der Waals surface area contributed by atoms with Gasteiger partial charge in [-0.2, -0.15) is 0 Å². The fourth-order valence-electron chi connectivity index (χ4n) is 2.03. The second-order valence-electron chi connectivity index (χ2n) is 4.79. The summed E-state index contributed by atoms with van der Waals surface area (Å²) in [5, 5.41) is 0. The first-order valence-electron chi connectivity index (χ1n) is 6.69. The zero-order valence-electron chi connectivity index (χ0n) is 11.2. The smallest absolute Gasteiger partial charge is 0.0563 e. The first kappa shape index (κ1) is 13.4. The maximum Gasteiger partial charge on any atom is 0.0563 e. The molecule has 0 spiro atoms. The molecule has 0 saturated carbocycles. The first-order chi connectivity index (χ1) is 8.71. The fourth-order valence-corrected chi connectivity index (χ4v) is 3.00. The topological polar surface area (TPSA) is 30.9 Å². The fraction of sp³-hybridized carbons (Fsp3) is 0.467. The molecule has 1 atom stereocenters. The van der Waals surface area contributed by atoms with Crippen LogP contribution in [0.4, 0.5) is 0 Å². The molecule has 0 aliphatic heterocycles. The standard InChI is InChI=1S/C15H22N2S/c1-3-13(16)9-12-7-8-17(10-12)11-15-6-5-14(4-2)18-15/h5-8,10,13H,3-4,9,11,16H2,1-2H3. The van der Waals surface area contributed by atoms with Gasteiger partial charge in [0.05, 0.1) is 6.54 Å². The van der Waals surface area contributed by atoms with Gasteiger partial charge in [0.1, 0.15) is 0 Å². The molecule has 2 rings (SSSR count). The monoisotopic (exact) mass is 262 g/mol. The van der Waals surface area contributed by atoms with Crippen molar-refractivity contribution in [3.8, 4) is 0 Å². The Morgan fingerprint density at radius 1 is 1.22 bits per heavy atom. The van der Waals surface area contributed by atoms with Gasteiger partial charge in [0.25, 0.3) is 0 Å². The Kier molecular flexibility index (Phi) is 4.61. The van der Waals surface area contributed by atoms with E-state index in [1.165, 1.54) is 15.3 Å². The van der Waals surface area contributed by atoms with Crippen molar-refractivity contribution in [3.63, 3.8) is 0 Å². The van der Waals surface area contributed by atoms with Gasteiger partial charge < -0.3 is 10.3 Å². The molecule has 0 radical (unpaired) electrons. The lowest BCUT2D eigenvalue weighted by atomic mass is 10.1. The largest absolute Gasteiger partial charge is 0.349 e. The molecular formula is C15H22N2S. The summed E-state index contributed by atoms with van der Waals surface area (Å²) in [4.78, 5) is 2.89. The molecule has 2 aromatic heterocycles. The minimum absolute atomic E-state index is 0.286. The molecule has 3 heteroatoms. The number of nitrogens with zero attached hydrogens (tertiary/aromatic N) is 1. The maximum absolute atomic E-state index is 5.98. The van der Waals surface area contributed by atoms with E-state index < -0.39 is 0 Å². The summed E-state index contributed by atoms with van der Waals surface area (Å²) in [5.41, 5.74) is 7.33. The summed E-state index contributed by atoms with van der Waals surface area (Å²) in [7, 11) is 0. The Morgan fingerprint density at radius 2 is 2.00 bits per heavy atom. The highest BCUT2D eigenvalue weighted by Gasteiger charge is 2.04. The van der Waals surface area contributed by atoms with Crippen LogP contribution in [0.3, 0.4) is 0 Å². The predicted molar refractivity (Wildman–Crippen MR) is 79.2 cm³/mol. The van der Waals surface area contributed by atoms with E-state index in [9.17, 15) is 0 Å². The normalized spacial score (nSPS) is 12.8. The molecule has 18 heavy (non-hydrogen) atoms. The van der Waals surface area contributed by atoms with Crippen LogP contribution in [0.1, 0.15) is 35.6 Å². The lowest BCUT2D eigenvalue weighted by Gasteiger charge is -2.06. The van der Waals surface area contributed by atoms with Crippen LogP contribution in [-0.2, 0) is 19.4 Å². The minimum Gasteiger partial charge on any atom is -0.349 e. The Bertz CT molecular complexity index is 484. The number of hydrogen-bond donors (Lipinski definition) is 1. The third-order valence-corrected chi connectivity index (χ3v) is 4.45. The van der Waals surface area contributed by atoms with E-state index in [1.54, 1.807) is 0 Å². The molecule has 2 heterocycles. The van der Waals surface area contributed by atoms with Crippen molar-refractivity contribution < 1.29 is 0 Å². The molecular weight excluding hydrogens is 240 g/mol. The molecule has 0 aliphatic carbocycles. The van der Waals surface area contributed by atoms with E-state index >= 15 is 0 Å². The number of rotatable bonds is 6. The van der Waals surface area contributed by atoms with Crippen molar-refractivity contribution in [2.45, 2.75) is 45.7 Å². The Hall–Kier alpha value is -1.06. The van der Waals surface area contributed by atoms with Crippen LogP contribution in [0.5, 0.6) is 0 Å². The van der Waals surface area contributed by atoms with Gasteiger partial charge >= 0.3 is 0 Å². The van der Waals surface area contributed by atoms with Crippen LogP contribution in [0.15, 0.2) is 30.6 Å². The first-order valence-corrected chi connectivity index (χ1v) is 7.50. The average molecular weight is 262 g/mol. The van der Waals surface area contributed by atoms with Gasteiger partial charge in [0.2, 0.25) is 0 Å². The lowest BCUT2D eigenvalue weighted by molar-refractivity contribution is 0.645. The van der Waals surface area contributed by atoms with Gasteiger partial charge in [-0.1, -0.05) is 13.8 Å². The molecule has 0 bridgehead atoms. The van der Waals surface area contributed by atoms with E-state index in [0.717, 1.165) is 25.8 Å². The lowest BCUT2D eigenvalue weighted by Crippen LogP contribution is -2.21. The maximum atomic E-state index is 5.98. The molecule has 0 amide bonds. The molecule has 2 N–H and O–H groups in total. The zero-order chi connectivity index (χ0) is 13.0. The van der Waals surface area contributed by atoms with Gasteiger partial charge in [-0.3, -0.25) is 0 Å². The van der Waals surface area contributed by atoms with E-state index in [0.29, 0.717) is 0 Å². The van der Waals surface area contributed by atoms with Crippen LogP contribution >= 0.6 is 11.3 Å². The quantitative estimate of drug-likeness (QED) is 0.849. The second-order valence-corrected chi connectivity index (χ2v) is 6.04. The summed E-state index contributed by atoms with van der Waals surface area (Å²) in [6.07, 6.45) is 7.53. The number of nitrogens with two attached hydrogens (primary N) is 1. The van der Waals surface area contributed by atoms with E-state index in [-0.39, 0.29) is 6.04 Å². The number of hydrogen-bond acceptors (Lipinski definition) is 2. The van der Waals surface area contributed by atoms with E-state index in [1.807, 2.05) is 11.3 Å². The second kappa shape index (κ2) is 6.21. The van der Waals surface area contributed by atoms with Crippen molar-refractivity contribution >= 4 is 11.3 Å². The number of thiophene rings is 1. The van der Waals surface area contributed by atoms with Gasteiger partial charge in [-0.05, 0) is 43.0 Å². The molecule has 98 valence electrons. The van der Waals surface area contributed by atoms with Gasteiger partial charge in [0.15, 0.2) is 0 Å². The van der Waals surface area contributed by atoms with Crippen LogP contribution in [-0.4, -0.2) is 10.6 Å². The zero-order valence-corrected chi connectivity index (χ0v) is 12.0. The van der Waals surface area contributed by atoms with Crippen LogP contribution in [0.25, 0.3) is 0 Å². The van der Waals surface area contributed by atoms with Gasteiger partial charge in [-0.25, -0.2) is 0 Å². The minimum atomic E-state index is 0.286. The van der Waals surface area contributed by atoms with Crippen molar-refractivity contribution in [2.75, 3.05) is 0 Å². The summed E-state index contributed by atoms with van der Waals surface area (Å²) < 4.78 is 2.25. The summed E-state index contributed by atoms with van der Waals surface area (Å²) >= 11 is 1.91. The van der Waals surface area contributed by atoms with Crippen LogP contribution in [0.2, 0.25) is 0 Å². The van der Waals surface area contributed by atoms with Crippen molar-refractivity contribution in [2.24, 2.45) is 5.73 Å². The number of aromatic nitrogens is 1. The molecule has 0 aromatic carbocycles. The molecule has 0 fully saturated rings. The van der Waals surface area contributed by atoms with E-state index in [2.05, 4.69) is 49.0 Å². The molecule has 2 aromatic rings. The van der Waals surface area contributed by atoms with Crippen molar-refractivity contribution in [1.29, 1.82) is 0 Å². The van der Waals surface area contributed by atoms with Gasteiger partial charge in [-0.15, -0.1) is 11.3 Å². The van der Waals surface area contributed by atoms with Crippen molar-refractivity contribution in [3.05, 3.63) is 45.9 Å². The molecule has 0 aliphatic rings. The Balaban J connectivity index is 1.97. The van der Waals surface area contributed by atoms with Gasteiger partial charge in [0, 0.05) is 28.2 Å². The SMILES string of the molecule is CCc1ccc(Cn2ccc(CC(N)CC)c2)s1. The third-order valence-electron chi connectivity index (χ3n) is 3.24. The van der Waals surface area contributed by atoms with E-state index in [4.69, 9.17) is 5.73 Å². The molecule has 1 unspecified atom stereocenters. The third kappa shape index (κ3) is 3.47. The summed E-state index contributed by atoms with van der Waals surface area (Å²) in [6, 6.07) is 6.94.